The largest absolute Gasteiger partial charge is 0.356 e. The Kier molecular flexibility index (Phi) is 2.64. The molecule has 0 saturated heterocycles. The Balaban J connectivity index is 3.23. The quantitative estimate of drug-likeness (QED) is 0.370. The van der Waals surface area contributed by atoms with Crippen LogP contribution in [-0.4, -0.2) is 11.2 Å². The monoisotopic (exact) mass is 101 g/mol. The first-order valence-electron chi connectivity index (χ1n) is 1.52. The van der Waals surface area contributed by atoms with Crippen LogP contribution in [0.1, 0.15) is 6.42 Å². The van der Waals surface area contributed by atoms with E-state index in [1.807, 2.05) is 0 Å². The van der Waals surface area contributed by atoms with Crippen molar-refractivity contribution in [3.63, 3.8) is 0 Å². The van der Waals surface area contributed by atoms with Crippen LogP contribution in [0.5, 0.6) is 0 Å². The summed E-state index contributed by atoms with van der Waals surface area (Å²) in [6, 6.07) is 1.48. The highest BCUT2D eigenvalue weighted by molar-refractivity contribution is 5.70. The Morgan fingerprint density at radius 3 is 2.71 bits per heavy atom. The molecule has 0 aliphatic rings. The molecule has 7 heavy (non-hydrogen) atoms. The second-order valence-electron chi connectivity index (χ2n) is 0.798. The summed E-state index contributed by atoms with van der Waals surface area (Å²) in [4.78, 5) is 12.8. The molecule has 0 radical (unpaired) electrons. The molecule has 0 unspecified atom stereocenters. The van der Waals surface area contributed by atoms with Gasteiger partial charge in [-0.25, -0.2) is 4.79 Å². The van der Waals surface area contributed by atoms with E-state index < -0.39 is 12.4 Å². The fourth-order valence-corrected chi connectivity index (χ4v) is 0.0968. The predicted molar refractivity (Wildman–Crippen MR) is 19.0 cm³/mol. The average molecular weight is 101 g/mol. The summed E-state index contributed by atoms with van der Waals surface area (Å²) < 4.78 is 0. The first-order chi connectivity index (χ1) is 3.31. The van der Waals surface area contributed by atoms with Gasteiger partial charge in [-0.15, -0.1) is 0 Å². The zero-order chi connectivity index (χ0) is 5.70. The van der Waals surface area contributed by atoms with Gasteiger partial charge in [0.1, 0.15) is 6.42 Å². The van der Waals surface area contributed by atoms with Gasteiger partial charge < -0.3 is 0 Å². The number of carbonyl (C=O) groups excluding carboxylic acids is 1. The van der Waals surface area contributed by atoms with E-state index in [2.05, 4.69) is 4.89 Å². The maximum atomic E-state index is 9.72. The van der Waals surface area contributed by atoms with Gasteiger partial charge in [0.15, 0.2) is 0 Å². The zero-order valence-corrected chi connectivity index (χ0v) is 3.42. The molecule has 0 atom stereocenters. The summed E-state index contributed by atoms with van der Waals surface area (Å²) in [7, 11) is 0. The number of hydrogen-bond acceptors (Lipinski definition) is 4. The van der Waals surface area contributed by atoms with E-state index >= 15 is 0 Å². The molecule has 0 spiro atoms. The standard InChI is InChI=1S/C3H3NO3/c4-2-1-3(5)7-6/h6H,1H2. The topological polar surface area (TPSA) is 70.3 Å². The van der Waals surface area contributed by atoms with Crippen LogP contribution >= 0.6 is 0 Å². The van der Waals surface area contributed by atoms with E-state index in [0.717, 1.165) is 0 Å². The molecule has 0 aromatic heterocycles. The van der Waals surface area contributed by atoms with Gasteiger partial charge in [-0.05, 0) is 0 Å². The molecule has 0 rings (SSSR count). The average Bonchev–Trinajstić information content (AvgIpc) is 1.68. The smallest absolute Gasteiger partial charge is 0.300 e. The van der Waals surface area contributed by atoms with E-state index in [9.17, 15) is 4.79 Å². The van der Waals surface area contributed by atoms with Crippen LogP contribution < -0.4 is 0 Å². The Hall–Kier alpha value is -1.08. The SMILES string of the molecule is N#CCC(=O)OO. The molecule has 0 amide bonds. The van der Waals surface area contributed by atoms with Crippen molar-refractivity contribution in [3.05, 3.63) is 0 Å². The maximum Gasteiger partial charge on any atom is 0.356 e. The summed E-state index contributed by atoms with van der Waals surface area (Å²) in [6.45, 7) is 0. The zero-order valence-electron chi connectivity index (χ0n) is 3.42. The van der Waals surface area contributed by atoms with Crippen molar-refractivity contribution in [1.29, 1.82) is 5.26 Å². The fourth-order valence-electron chi connectivity index (χ4n) is 0.0968. The molecule has 4 nitrogen and oxygen atoms in total. The van der Waals surface area contributed by atoms with Crippen molar-refractivity contribution in [1.82, 2.24) is 0 Å². The Morgan fingerprint density at radius 1 is 2.00 bits per heavy atom. The normalized spacial score (nSPS) is 6.86. The van der Waals surface area contributed by atoms with Crippen LogP contribution in [0.15, 0.2) is 0 Å². The molecular weight excluding hydrogens is 98.0 g/mol. The van der Waals surface area contributed by atoms with Crippen LogP contribution in [-0.2, 0) is 9.68 Å². The molecule has 0 aromatic carbocycles. The minimum Gasteiger partial charge on any atom is -0.300 e. The Labute approximate surface area is 39.9 Å². The van der Waals surface area contributed by atoms with Gasteiger partial charge in [-0.3, -0.25) is 4.89 Å². The lowest BCUT2D eigenvalue weighted by Crippen LogP contribution is -1.97. The molecular formula is C3H3NO3. The third-order valence-electron chi connectivity index (χ3n) is 0.325. The highest BCUT2D eigenvalue weighted by Gasteiger charge is 1.95. The number of nitrogens with zero attached hydrogens (tertiary/aromatic N) is 1. The first-order valence-corrected chi connectivity index (χ1v) is 1.52. The molecule has 0 bridgehead atoms. The van der Waals surface area contributed by atoms with Crippen LogP contribution in [0, 0.1) is 11.3 Å². The van der Waals surface area contributed by atoms with E-state index in [0.29, 0.717) is 0 Å². The number of nitriles is 1. The number of carbonyl (C=O) groups is 1. The summed E-state index contributed by atoms with van der Waals surface area (Å²) in [5.74, 6) is -0.928. The summed E-state index contributed by atoms with van der Waals surface area (Å²) >= 11 is 0. The lowest BCUT2D eigenvalue weighted by molar-refractivity contribution is -0.233. The van der Waals surface area contributed by atoms with Crippen LogP contribution in [0.25, 0.3) is 0 Å². The molecule has 0 aliphatic carbocycles. The van der Waals surface area contributed by atoms with Crippen molar-refractivity contribution in [2.24, 2.45) is 0 Å². The van der Waals surface area contributed by atoms with E-state index in [1.54, 1.807) is 0 Å². The van der Waals surface area contributed by atoms with Gasteiger partial charge in [0.25, 0.3) is 0 Å². The van der Waals surface area contributed by atoms with Crippen LogP contribution in [0.4, 0.5) is 0 Å². The van der Waals surface area contributed by atoms with E-state index in [1.165, 1.54) is 6.07 Å². The highest BCUT2D eigenvalue weighted by atomic mass is 17.1. The van der Waals surface area contributed by atoms with Gasteiger partial charge in [0.05, 0.1) is 6.07 Å². The van der Waals surface area contributed by atoms with Gasteiger partial charge in [-0.1, -0.05) is 0 Å². The molecule has 38 valence electrons. The lowest BCUT2D eigenvalue weighted by Gasteiger charge is -1.81. The minimum absolute atomic E-state index is 0.406. The summed E-state index contributed by atoms with van der Waals surface area (Å²) in [5.41, 5.74) is 0. The highest BCUT2D eigenvalue weighted by Crippen LogP contribution is 1.76. The maximum absolute atomic E-state index is 9.72. The van der Waals surface area contributed by atoms with Gasteiger partial charge in [0.2, 0.25) is 0 Å². The third-order valence-corrected chi connectivity index (χ3v) is 0.325. The van der Waals surface area contributed by atoms with Crippen molar-refractivity contribution < 1.29 is 14.9 Å². The molecule has 0 fully saturated rings. The van der Waals surface area contributed by atoms with Gasteiger partial charge in [0, 0.05) is 0 Å². The second-order valence-corrected chi connectivity index (χ2v) is 0.798. The van der Waals surface area contributed by atoms with Crippen LogP contribution in [0.3, 0.4) is 0 Å². The molecule has 0 heterocycles. The van der Waals surface area contributed by atoms with Gasteiger partial charge >= 0.3 is 5.97 Å². The van der Waals surface area contributed by atoms with Crippen molar-refractivity contribution >= 4 is 5.97 Å². The Bertz CT molecular complexity index is 103. The minimum atomic E-state index is -0.928. The van der Waals surface area contributed by atoms with Crippen LogP contribution in [0.2, 0.25) is 0 Å². The van der Waals surface area contributed by atoms with E-state index in [4.69, 9.17) is 10.5 Å². The summed E-state index contributed by atoms with van der Waals surface area (Å²) in [5, 5.41) is 15.2. The molecule has 0 aromatic rings. The first kappa shape index (κ1) is 5.92. The van der Waals surface area contributed by atoms with Crippen molar-refractivity contribution in [3.8, 4) is 6.07 Å². The Morgan fingerprint density at radius 2 is 2.57 bits per heavy atom. The number of rotatable bonds is 1. The third kappa shape index (κ3) is 2.73. The van der Waals surface area contributed by atoms with Crippen molar-refractivity contribution in [2.45, 2.75) is 6.42 Å². The predicted octanol–water partition coefficient (Wildman–Crippen LogP) is -0.0837. The molecule has 4 heteroatoms. The van der Waals surface area contributed by atoms with Gasteiger partial charge in [-0.2, -0.15) is 10.5 Å². The fraction of sp³-hybridized carbons (Fsp3) is 0.333. The molecule has 0 aliphatic heterocycles. The lowest BCUT2D eigenvalue weighted by atomic mass is 10.5. The summed E-state index contributed by atoms with van der Waals surface area (Å²) in [6.07, 6.45) is -0.406. The molecule has 0 saturated carbocycles. The molecule has 1 N–H and O–H groups in total. The van der Waals surface area contributed by atoms with E-state index in [-0.39, 0.29) is 0 Å². The number of hydrogen-bond donors (Lipinski definition) is 1. The second kappa shape index (κ2) is 3.12. The van der Waals surface area contributed by atoms with Crippen molar-refractivity contribution in [2.75, 3.05) is 0 Å².